The SMILES string of the molecule is Cc1ccc(CS(=O)(=O)OCCOC2CCCCO2)cc1. The molecule has 118 valence electrons. The standard InChI is InChI=1S/C15H22O5S/c1-13-5-7-14(8-6-13)12-21(16,17)20-11-10-19-15-4-2-3-9-18-15/h5-8,15H,2-4,9-12H2,1H3. The largest absolute Gasteiger partial charge is 0.353 e. The number of ether oxygens (including phenoxy) is 2. The van der Waals surface area contributed by atoms with Crippen LogP contribution in [0.15, 0.2) is 24.3 Å². The monoisotopic (exact) mass is 314 g/mol. The first-order chi connectivity index (χ1) is 10.1. The van der Waals surface area contributed by atoms with Gasteiger partial charge in [-0.05, 0) is 31.7 Å². The molecule has 1 aromatic carbocycles. The van der Waals surface area contributed by atoms with Gasteiger partial charge in [0, 0.05) is 6.61 Å². The van der Waals surface area contributed by atoms with E-state index in [1.165, 1.54) is 0 Å². The number of rotatable bonds is 7. The molecule has 1 aliphatic rings. The second-order valence-electron chi connectivity index (χ2n) is 5.18. The summed E-state index contributed by atoms with van der Waals surface area (Å²) in [5, 5.41) is 0. The van der Waals surface area contributed by atoms with E-state index in [-0.39, 0.29) is 25.3 Å². The zero-order valence-electron chi connectivity index (χ0n) is 12.3. The van der Waals surface area contributed by atoms with E-state index in [9.17, 15) is 8.42 Å². The predicted molar refractivity (Wildman–Crippen MR) is 79.3 cm³/mol. The van der Waals surface area contributed by atoms with Crippen molar-refractivity contribution in [1.29, 1.82) is 0 Å². The summed E-state index contributed by atoms with van der Waals surface area (Å²) in [6, 6.07) is 7.36. The third-order valence-electron chi connectivity index (χ3n) is 3.25. The van der Waals surface area contributed by atoms with Gasteiger partial charge in [-0.25, -0.2) is 0 Å². The lowest BCUT2D eigenvalue weighted by Crippen LogP contribution is -2.24. The van der Waals surface area contributed by atoms with Crippen LogP contribution < -0.4 is 0 Å². The van der Waals surface area contributed by atoms with Crippen molar-refractivity contribution < 1.29 is 22.1 Å². The molecular weight excluding hydrogens is 292 g/mol. The van der Waals surface area contributed by atoms with Crippen molar-refractivity contribution in [1.82, 2.24) is 0 Å². The molecule has 0 bridgehead atoms. The molecule has 0 aliphatic carbocycles. The number of hydrogen-bond donors (Lipinski definition) is 0. The molecule has 0 saturated carbocycles. The van der Waals surface area contributed by atoms with Crippen molar-refractivity contribution in [2.24, 2.45) is 0 Å². The van der Waals surface area contributed by atoms with Gasteiger partial charge in [0.05, 0.1) is 13.2 Å². The van der Waals surface area contributed by atoms with E-state index >= 15 is 0 Å². The molecule has 1 atom stereocenters. The summed E-state index contributed by atoms with van der Waals surface area (Å²) in [7, 11) is -3.57. The molecule has 1 saturated heterocycles. The number of hydrogen-bond acceptors (Lipinski definition) is 5. The fourth-order valence-electron chi connectivity index (χ4n) is 2.11. The number of aryl methyl sites for hydroxylation is 1. The van der Waals surface area contributed by atoms with Gasteiger partial charge in [0.15, 0.2) is 6.29 Å². The molecule has 1 unspecified atom stereocenters. The van der Waals surface area contributed by atoms with Crippen LogP contribution in [0.1, 0.15) is 30.4 Å². The minimum Gasteiger partial charge on any atom is -0.353 e. The average molecular weight is 314 g/mol. The summed E-state index contributed by atoms with van der Waals surface area (Å²) >= 11 is 0. The molecule has 1 heterocycles. The van der Waals surface area contributed by atoms with Gasteiger partial charge in [0.25, 0.3) is 10.1 Å². The molecule has 6 heteroatoms. The molecule has 1 aromatic rings. The summed E-state index contributed by atoms with van der Waals surface area (Å²) in [4.78, 5) is 0. The van der Waals surface area contributed by atoms with Crippen LogP contribution in [0.2, 0.25) is 0 Å². The van der Waals surface area contributed by atoms with Crippen LogP contribution >= 0.6 is 0 Å². The Balaban J connectivity index is 1.69. The van der Waals surface area contributed by atoms with Crippen LogP contribution in [0, 0.1) is 6.92 Å². The summed E-state index contributed by atoms with van der Waals surface area (Å²) < 4.78 is 39.4. The molecule has 2 rings (SSSR count). The van der Waals surface area contributed by atoms with Crippen LogP contribution in [0.5, 0.6) is 0 Å². The highest BCUT2D eigenvalue weighted by atomic mass is 32.2. The molecule has 21 heavy (non-hydrogen) atoms. The van der Waals surface area contributed by atoms with Gasteiger partial charge in [-0.15, -0.1) is 0 Å². The highest BCUT2D eigenvalue weighted by molar-refractivity contribution is 7.85. The van der Waals surface area contributed by atoms with Crippen molar-refractivity contribution in [2.75, 3.05) is 19.8 Å². The maximum atomic E-state index is 11.8. The first-order valence-corrected chi connectivity index (χ1v) is 8.79. The lowest BCUT2D eigenvalue weighted by atomic mass is 10.2. The molecular formula is C15H22O5S. The van der Waals surface area contributed by atoms with Gasteiger partial charge < -0.3 is 9.47 Å². The molecule has 0 spiro atoms. The van der Waals surface area contributed by atoms with E-state index in [2.05, 4.69) is 0 Å². The van der Waals surface area contributed by atoms with E-state index in [1.807, 2.05) is 19.1 Å². The Bertz CT molecular complexity index is 517. The second kappa shape index (κ2) is 7.89. The fourth-order valence-corrected chi connectivity index (χ4v) is 3.12. The summed E-state index contributed by atoms with van der Waals surface area (Å²) in [6.45, 7) is 2.91. The topological polar surface area (TPSA) is 61.8 Å². The van der Waals surface area contributed by atoms with Crippen LogP contribution in [0.25, 0.3) is 0 Å². The van der Waals surface area contributed by atoms with Gasteiger partial charge in [0.2, 0.25) is 0 Å². The molecule has 5 nitrogen and oxygen atoms in total. The maximum absolute atomic E-state index is 11.8. The first kappa shape index (κ1) is 16.4. The summed E-state index contributed by atoms with van der Waals surface area (Å²) in [5.74, 6) is -0.118. The minimum atomic E-state index is -3.57. The Morgan fingerprint density at radius 2 is 1.95 bits per heavy atom. The molecule has 0 amide bonds. The third-order valence-corrected chi connectivity index (χ3v) is 4.46. The average Bonchev–Trinajstić information content (AvgIpc) is 2.47. The Morgan fingerprint density at radius 3 is 2.62 bits per heavy atom. The Labute approximate surface area is 126 Å². The van der Waals surface area contributed by atoms with Crippen LogP contribution in [0.3, 0.4) is 0 Å². The summed E-state index contributed by atoms with van der Waals surface area (Å²) in [5.41, 5.74) is 1.81. The zero-order valence-corrected chi connectivity index (χ0v) is 13.1. The van der Waals surface area contributed by atoms with Crippen molar-refractivity contribution in [3.8, 4) is 0 Å². The van der Waals surface area contributed by atoms with Gasteiger partial charge >= 0.3 is 0 Å². The zero-order chi connectivity index (χ0) is 15.1. The Morgan fingerprint density at radius 1 is 1.19 bits per heavy atom. The smallest absolute Gasteiger partial charge is 0.271 e. The highest BCUT2D eigenvalue weighted by Crippen LogP contribution is 2.14. The van der Waals surface area contributed by atoms with E-state index in [1.54, 1.807) is 12.1 Å². The van der Waals surface area contributed by atoms with Gasteiger partial charge in [0.1, 0.15) is 5.75 Å². The van der Waals surface area contributed by atoms with Gasteiger partial charge in [-0.2, -0.15) is 8.42 Å². The Hall–Kier alpha value is -0.950. The minimum absolute atomic E-state index is 0.0219. The molecule has 1 aliphatic heterocycles. The van der Waals surface area contributed by atoms with Gasteiger partial charge in [-0.3, -0.25) is 4.18 Å². The second-order valence-corrected chi connectivity index (χ2v) is 6.82. The number of benzene rings is 1. The first-order valence-electron chi connectivity index (χ1n) is 7.21. The lowest BCUT2D eigenvalue weighted by molar-refractivity contribution is -0.165. The van der Waals surface area contributed by atoms with E-state index in [0.717, 1.165) is 30.4 Å². The molecule has 0 radical (unpaired) electrons. The Kier molecular flexibility index (Phi) is 6.17. The van der Waals surface area contributed by atoms with E-state index in [0.29, 0.717) is 6.61 Å². The van der Waals surface area contributed by atoms with Crippen LogP contribution in [-0.4, -0.2) is 34.5 Å². The fraction of sp³-hybridized carbons (Fsp3) is 0.600. The quantitative estimate of drug-likeness (QED) is 0.571. The van der Waals surface area contributed by atoms with Crippen molar-refractivity contribution in [3.05, 3.63) is 35.4 Å². The molecule has 0 aromatic heterocycles. The molecule has 1 fully saturated rings. The van der Waals surface area contributed by atoms with Gasteiger partial charge in [-0.1, -0.05) is 29.8 Å². The van der Waals surface area contributed by atoms with Crippen LogP contribution in [-0.2, 0) is 29.5 Å². The van der Waals surface area contributed by atoms with Crippen molar-refractivity contribution >= 4 is 10.1 Å². The third kappa shape index (κ3) is 6.13. The van der Waals surface area contributed by atoms with E-state index in [4.69, 9.17) is 13.7 Å². The lowest BCUT2D eigenvalue weighted by Gasteiger charge is -2.22. The predicted octanol–water partition coefficient (Wildman–Crippen LogP) is 2.38. The normalized spacial score (nSPS) is 19.6. The summed E-state index contributed by atoms with van der Waals surface area (Å²) in [6.07, 6.45) is 2.77. The maximum Gasteiger partial charge on any atom is 0.271 e. The van der Waals surface area contributed by atoms with Crippen molar-refractivity contribution in [2.45, 2.75) is 38.2 Å². The molecule has 0 N–H and O–H groups in total. The highest BCUT2D eigenvalue weighted by Gasteiger charge is 2.16. The van der Waals surface area contributed by atoms with Crippen molar-refractivity contribution in [3.63, 3.8) is 0 Å². The van der Waals surface area contributed by atoms with Crippen LogP contribution in [0.4, 0.5) is 0 Å². The van der Waals surface area contributed by atoms with E-state index < -0.39 is 10.1 Å².